The maximum atomic E-state index is 14.3. The van der Waals surface area contributed by atoms with Gasteiger partial charge in [0.25, 0.3) is 5.91 Å². The Morgan fingerprint density at radius 1 is 1.10 bits per heavy atom. The number of benzene rings is 2. The molecule has 0 atom stereocenters. The maximum absolute atomic E-state index is 14.3. The highest BCUT2D eigenvalue weighted by atomic mass is 35.5. The summed E-state index contributed by atoms with van der Waals surface area (Å²) in [5, 5.41) is 5.62. The third-order valence-corrected chi connectivity index (χ3v) is 5.66. The van der Waals surface area contributed by atoms with Gasteiger partial charge < -0.3 is 15.2 Å². The highest BCUT2D eigenvalue weighted by Crippen LogP contribution is 2.32. The quantitative estimate of drug-likeness (QED) is 0.631. The molecule has 0 saturated heterocycles. The molecule has 1 aliphatic rings. The van der Waals surface area contributed by atoms with Crippen LogP contribution >= 0.6 is 12.4 Å². The number of halogens is 3. The zero-order valence-electron chi connectivity index (χ0n) is 15.6. The summed E-state index contributed by atoms with van der Waals surface area (Å²) in [5.41, 5.74) is 0.294. The Labute approximate surface area is 177 Å². The van der Waals surface area contributed by atoms with Crippen LogP contribution in [0.4, 0.5) is 20.3 Å². The van der Waals surface area contributed by atoms with E-state index in [1.807, 2.05) is 0 Å². The first-order valence-corrected chi connectivity index (χ1v) is 10.5. The van der Waals surface area contributed by atoms with E-state index in [1.165, 1.54) is 34.9 Å². The van der Waals surface area contributed by atoms with Gasteiger partial charge in [0.2, 0.25) is 0 Å². The summed E-state index contributed by atoms with van der Waals surface area (Å²) >= 11 is 0. The van der Waals surface area contributed by atoms with Crippen LogP contribution in [0.2, 0.25) is 0 Å². The molecule has 0 aliphatic carbocycles. The standard InChI is InChI=1S/C19H16F2N4O3S.ClH/c1-29(27,28)12-7-5-11(6-8-12)23-17-16-19(26)22-9-10-25(16)18(24-17)15-13(20)3-2-4-14(15)21;/h2-8,23H,9-10H2,1H3,(H,22,26);1H. The van der Waals surface area contributed by atoms with Crippen LogP contribution in [0.1, 0.15) is 10.5 Å². The Morgan fingerprint density at radius 2 is 1.73 bits per heavy atom. The molecule has 0 bridgehead atoms. The minimum atomic E-state index is -3.35. The monoisotopic (exact) mass is 454 g/mol. The molecule has 0 saturated carbocycles. The molecule has 2 N–H and O–H groups in total. The summed E-state index contributed by atoms with van der Waals surface area (Å²) in [6.07, 6.45) is 1.10. The highest BCUT2D eigenvalue weighted by Gasteiger charge is 2.29. The predicted molar refractivity (Wildman–Crippen MR) is 110 cm³/mol. The molecule has 0 spiro atoms. The number of sulfone groups is 1. The van der Waals surface area contributed by atoms with Crippen LogP contribution in [0.15, 0.2) is 47.4 Å². The SMILES string of the molecule is CS(=O)(=O)c1ccc(Nc2nc(-c3c(F)cccc3F)n3c2C(=O)NCC3)cc1.Cl. The lowest BCUT2D eigenvalue weighted by Crippen LogP contribution is -2.35. The summed E-state index contributed by atoms with van der Waals surface area (Å²) < 4.78 is 53.3. The maximum Gasteiger partial charge on any atom is 0.271 e. The van der Waals surface area contributed by atoms with Crippen molar-refractivity contribution in [1.29, 1.82) is 0 Å². The van der Waals surface area contributed by atoms with E-state index in [1.54, 1.807) is 0 Å². The second-order valence-corrected chi connectivity index (χ2v) is 8.57. The van der Waals surface area contributed by atoms with Crippen molar-refractivity contribution >= 4 is 39.7 Å². The molecule has 11 heteroatoms. The van der Waals surface area contributed by atoms with Gasteiger partial charge in [0.1, 0.15) is 17.5 Å². The van der Waals surface area contributed by atoms with Gasteiger partial charge in [-0.15, -0.1) is 12.4 Å². The molecule has 2 heterocycles. The molecular weight excluding hydrogens is 438 g/mol. The average Bonchev–Trinajstić information content (AvgIpc) is 3.01. The van der Waals surface area contributed by atoms with Crippen molar-refractivity contribution in [3.63, 3.8) is 0 Å². The summed E-state index contributed by atoms with van der Waals surface area (Å²) in [7, 11) is -3.35. The number of hydrogen-bond acceptors (Lipinski definition) is 5. The largest absolute Gasteiger partial charge is 0.349 e. The van der Waals surface area contributed by atoms with E-state index in [9.17, 15) is 22.0 Å². The summed E-state index contributed by atoms with van der Waals surface area (Å²) in [4.78, 5) is 16.9. The number of amides is 1. The Balaban J connectivity index is 0.00000256. The van der Waals surface area contributed by atoms with Crippen LogP contribution in [0.25, 0.3) is 11.4 Å². The lowest BCUT2D eigenvalue weighted by Gasteiger charge is -2.18. The van der Waals surface area contributed by atoms with Crippen LogP contribution in [-0.2, 0) is 16.4 Å². The number of carbonyl (C=O) groups is 1. The van der Waals surface area contributed by atoms with Gasteiger partial charge in [-0.2, -0.15) is 0 Å². The second-order valence-electron chi connectivity index (χ2n) is 6.56. The third kappa shape index (κ3) is 3.88. The van der Waals surface area contributed by atoms with Crippen molar-refractivity contribution in [2.45, 2.75) is 11.4 Å². The van der Waals surface area contributed by atoms with E-state index < -0.39 is 27.4 Å². The molecule has 30 heavy (non-hydrogen) atoms. The van der Waals surface area contributed by atoms with Crippen molar-refractivity contribution in [1.82, 2.24) is 14.9 Å². The fourth-order valence-electron chi connectivity index (χ4n) is 3.18. The molecular formula is C19H17ClF2N4O3S. The molecule has 1 aromatic heterocycles. The Morgan fingerprint density at radius 3 is 2.33 bits per heavy atom. The number of imidazole rings is 1. The first-order valence-electron chi connectivity index (χ1n) is 8.66. The Bertz CT molecular complexity index is 1210. The van der Waals surface area contributed by atoms with Gasteiger partial charge in [0, 0.05) is 25.0 Å². The first kappa shape index (κ1) is 21.7. The van der Waals surface area contributed by atoms with Crippen LogP contribution < -0.4 is 10.6 Å². The average molecular weight is 455 g/mol. The van der Waals surface area contributed by atoms with Gasteiger partial charge in [-0.05, 0) is 36.4 Å². The van der Waals surface area contributed by atoms with E-state index in [4.69, 9.17) is 0 Å². The fraction of sp³-hybridized carbons (Fsp3) is 0.158. The fourth-order valence-corrected chi connectivity index (χ4v) is 3.81. The molecule has 7 nitrogen and oxygen atoms in total. The van der Waals surface area contributed by atoms with Crippen molar-refractivity contribution < 1.29 is 22.0 Å². The van der Waals surface area contributed by atoms with Crippen molar-refractivity contribution in [2.75, 3.05) is 18.1 Å². The zero-order chi connectivity index (χ0) is 20.8. The Kier molecular flexibility index (Phi) is 5.82. The number of anilines is 2. The minimum absolute atomic E-state index is 0. The van der Waals surface area contributed by atoms with Gasteiger partial charge in [-0.25, -0.2) is 22.2 Å². The molecule has 158 valence electrons. The number of nitrogens with one attached hydrogen (secondary N) is 2. The smallest absolute Gasteiger partial charge is 0.271 e. The van der Waals surface area contributed by atoms with E-state index in [0.29, 0.717) is 18.8 Å². The zero-order valence-corrected chi connectivity index (χ0v) is 17.3. The molecule has 2 aromatic carbocycles. The van der Waals surface area contributed by atoms with Crippen LogP contribution in [0.3, 0.4) is 0 Å². The molecule has 0 unspecified atom stereocenters. The van der Waals surface area contributed by atoms with Crippen molar-refractivity contribution in [3.05, 3.63) is 59.8 Å². The lowest BCUT2D eigenvalue weighted by molar-refractivity contribution is 0.0929. The van der Waals surface area contributed by atoms with Gasteiger partial charge >= 0.3 is 0 Å². The normalized spacial score (nSPS) is 13.2. The first-order chi connectivity index (χ1) is 13.8. The van der Waals surface area contributed by atoms with E-state index in [-0.39, 0.29) is 40.2 Å². The molecule has 3 aromatic rings. The summed E-state index contributed by atoms with van der Waals surface area (Å²) in [6.45, 7) is 0.597. The number of rotatable bonds is 4. The third-order valence-electron chi connectivity index (χ3n) is 4.54. The number of carbonyl (C=O) groups excluding carboxylic acids is 1. The van der Waals surface area contributed by atoms with Gasteiger partial charge in [-0.3, -0.25) is 4.79 Å². The minimum Gasteiger partial charge on any atom is -0.349 e. The van der Waals surface area contributed by atoms with Gasteiger partial charge in [0.15, 0.2) is 21.3 Å². The van der Waals surface area contributed by atoms with Crippen LogP contribution in [0, 0.1) is 11.6 Å². The van der Waals surface area contributed by atoms with E-state index in [2.05, 4.69) is 15.6 Å². The predicted octanol–water partition coefficient (Wildman–Crippen LogP) is 3.14. The van der Waals surface area contributed by atoms with Gasteiger partial charge in [-0.1, -0.05) is 6.07 Å². The second kappa shape index (κ2) is 8.04. The van der Waals surface area contributed by atoms with Crippen LogP contribution in [-0.4, -0.2) is 36.7 Å². The number of fused-ring (bicyclic) bond motifs is 1. The lowest BCUT2D eigenvalue weighted by atomic mass is 10.2. The van der Waals surface area contributed by atoms with Crippen molar-refractivity contribution in [2.24, 2.45) is 0 Å². The Hall–Kier alpha value is -2.98. The van der Waals surface area contributed by atoms with E-state index >= 15 is 0 Å². The van der Waals surface area contributed by atoms with Crippen LogP contribution in [0.5, 0.6) is 0 Å². The number of nitrogens with zero attached hydrogens (tertiary/aromatic N) is 2. The highest BCUT2D eigenvalue weighted by molar-refractivity contribution is 7.90. The molecule has 1 amide bonds. The summed E-state index contributed by atoms with van der Waals surface area (Å²) in [6, 6.07) is 9.37. The molecule has 0 radical (unpaired) electrons. The van der Waals surface area contributed by atoms with E-state index in [0.717, 1.165) is 18.4 Å². The molecule has 1 aliphatic heterocycles. The van der Waals surface area contributed by atoms with Crippen molar-refractivity contribution in [3.8, 4) is 11.4 Å². The van der Waals surface area contributed by atoms with Gasteiger partial charge in [0.05, 0.1) is 10.5 Å². The summed E-state index contributed by atoms with van der Waals surface area (Å²) in [5.74, 6) is -1.88. The topological polar surface area (TPSA) is 93.1 Å². The number of aromatic nitrogens is 2. The molecule has 4 rings (SSSR count). The number of hydrogen-bond donors (Lipinski definition) is 2. The molecule has 0 fully saturated rings.